The average molecular weight is 401 g/mol. The summed E-state index contributed by atoms with van der Waals surface area (Å²) in [6, 6.07) is 19.1. The van der Waals surface area contributed by atoms with Gasteiger partial charge in [0.2, 0.25) is 0 Å². The SMILES string of the molecule is O=C(NCC=Cc1ncccc1[N+](=O)[O-])OCC1c2ccccc2-c2ccccc21. The molecule has 0 saturated carbocycles. The Bertz CT molecular complexity index is 1080. The van der Waals surface area contributed by atoms with Gasteiger partial charge in [-0.3, -0.25) is 10.1 Å². The normalized spacial score (nSPS) is 12.4. The highest BCUT2D eigenvalue weighted by molar-refractivity contribution is 5.79. The van der Waals surface area contributed by atoms with Crippen LogP contribution in [0.1, 0.15) is 22.7 Å². The van der Waals surface area contributed by atoms with Crippen LogP contribution in [0.5, 0.6) is 0 Å². The number of benzene rings is 2. The lowest BCUT2D eigenvalue weighted by molar-refractivity contribution is -0.385. The van der Waals surface area contributed by atoms with Gasteiger partial charge in [0.15, 0.2) is 0 Å². The molecule has 0 unspecified atom stereocenters. The number of pyridine rings is 1. The monoisotopic (exact) mass is 401 g/mol. The smallest absolute Gasteiger partial charge is 0.407 e. The van der Waals surface area contributed by atoms with Gasteiger partial charge >= 0.3 is 6.09 Å². The van der Waals surface area contributed by atoms with Gasteiger partial charge in [-0.25, -0.2) is 9.78 Å². The zero-order valence-electron chi connectivity index (χ0n) is 16.0. The van der Waals surface area contributed by atoms with Crippen LogP contribution in [0.25, 0.3) is 17.2 Å². The summed E-state index contributed by atoms with van der Waals surface area (Å²) in [7, 11) is 0. The summed E-state index contributed by atoms with van der Waals surface area (Å²) in [4.78, 5) is 26.6. The van der Waals surface area contributed by atoms with E-state index in [2.05, 4.69) is 34.6 Å². The Kier molecular flexibility index (Phi) is 5.52. The summed E-state index contributed by atoms with van der Waals surface area (Å²) in [5, 5.41) is 13.6. The maximum atomic E-state index is 12.1. The predicted molar refractivity (Wildman–Crippen MR) is 113 cm³/mol. The van der Waals surface area contributed by atoms with Gasteiger partial charge in [0.1, 0.15) is 12.3 Å². The minimum atomic E-state index is -0.544. The van der Waals surface area contributed by atoms with E-state index < -0.39 is 11.0 Å². The topological polar surface area (TPSA) is 94.4 Å². The Morgan fingerprint density at radius 3 is 2.40 bits per heavy atom. The maximum absolute atomic E-state index is 12.1. The Labute approximate surface area is 173 Å². The van der Waals surface area contributed by atoms with Crippen molar-refractivity contribution in [2.24, 2.45) is 0 Å². The standard InChI is InChI=1S/C23H19N3O4/c27-23(25-14-5-11-21-22(26(28)29)12-6-13-24-21)30-15-20-18-9-3-1-7-16(18)17-8-2-4-10-19(17)20/h1-13,20H,14-15H2,(H,25,27). The molecule has 1 N–H and O–H groups in total. The van der Waals surface area contributed by atoms with Crippen molar-refractivity contribution in [2.75, 3.05) is 13.2 Å². The molecule has 3 aromatic rings. The van der Waals surface area contributed by atoms with E-state index >= 15 is 0 Å². The van der Waals surface area contributed by atoms with Gasteiger partial charge in [-0.05, 0) is 34.4 Å². The van der Waals surface area contributed by atoms with E-state index in [0.717, 1.165) is 11.1 Å². The fraction of sp³-hybridized carbons (Fsp3) is 0.130. The van der Waals surface area contributed by atoms with Crippen LogP contribution < -0.4 is 5.32 Å². The zero-order chi connectivity index (χ0) is 20.9. The van der Waals surface area contributed by atoms with Crippen molar-refractivity contribution in [2.45, 2.75) is 5.92 Å². The second-order valence-corrected chi connectivity index (χ2v) is 6.77. The number of carbonyl (C=O) groups is 1. The first kappa shape index (κ1) is 19.3. The first-order valence-corrected chi connectivity index (χ1v) is 9.50. The molecule has 0 fully saturated rings. The van der Waals surface area contributed by atoms with E-state index in [1.807, 2.05) is 24.3 Å². The van der Waals surface area contributed by atoms with Gasteiger partial charge in [-0.1, -0.05) is 54.6 Å². The van der Waals surface area contributed by atoms with Crippen LogP contribution in [0.4, 0.5) is 10.5 Å². The van der Waals surface area contributed by atoms with Gasteiger partial charge < -0.3 is 10.1 Å². The minimum absolute atomic E-state index is 0.00476. The summed E-state index contributed by atoms with van der Waals surface area (Å²) in [5.74, 6) is -0.00476. The fourth-order valence-corrected chi connectivity index (χ4v) is 3.65. The number of hydrogen-bond donors (Lipinski definition) is 1. The molecule has 0 aliphatic heterocycles. The molecule has 1 amide bonds. The Morgan fingerprint density at radius 1 is 1.07 bits per heavy atom. The summed E-state index contributed by atoms with van der Waals surface area (Å²) < 4.78 is 5.45. The lowest BCUT2D eigenvalue weighted by Gasteiger charge is -2.14. The highest BCUT2D eigenvalue weighted by atomic mass is 16.6. The van der Waals surface area contributed by atoms with Crippen molar-refractivity contribution in [1.82, 2.24) is 10.3 Å². The number of carbonyl (C=O) groups excluding carboxylic acids is 1. The first-order chi connectivity index (χ1) is 14.6. The summed E-state index contributed by atoms with van der Waals surface area (Å²) in [6.07, 6.45) is 4.03. The molecule has 7 heteroatoms. The largest absolute Gasteiger partial charge is 0.449 e. The van der Waals surface area contributed by atoms with Crippen molar-refractivity contribution in [3.63, 3.8) is 0 Å². The van der Waals surface area contributed by atoms with Crippen molar-refractivity contribution in [1.29, 1.82) is 0 Å². The molecule has 7 nitrogen and oxygen atoms in total. The van der Waals surface area contributed by atoms with Crippen molar-refractivity contribution >= 4 is 17.9 Å². The van der Waals surface area contributed by atoms with Gasteiger partial charge in [-0.2, -0.15) is 0 Å². The van der Waals surface area contributed by atoms with E-state index in [4.69, 9.17) is 4.74 Å². The number of hydrogen-bond acceptors (Lipinski definition) is 5. The van der Waals surface area contributed by atoms with Gasteiger partial charge in [0, 0.05) is 24.7 Å². The third-order valence-electron chi connectivity index (χ3n) is 5.00. The maximum Gasteiger partial charge on any atom is 0.407 e. The fourth-order valence-electron chi connectivity index (χ4n) is 3.65. The number of nitrogens with zero attached hydrogens (tertiary/aromatic N) is 2. The van der Waals surface area contributed by atoms with Crippen LogP contribution in [0.2, 0.25) is 0 Å². The molecule has 0 spiro atoms. The summed E-state index contributed by atoms with van der Waals surface area (Å²) >= 11 is 0. The van der Waals surface area contributed by atoms with Crippen molar-refractivity contribution in [3.8, 4) is 11.1 Å². The van der Waals surface area contributed by atoms with Crippen LogP contribution in [-0.2, 0) is 4.74 Å². The highest BCUT2D eigenvalue weighted by Gasteiger charge is 2.28. The predicted octanol–water partition coefficient (Wildman–Crippen LogP) is 4.54. The molecule has 150 valence electrons. The van der Waals surface area contributed by atoms with Crippen molar-refractivity contribution in [3.05, 3.63) is 99.9 Å². The number of aromatic nitrogens is 1. The second kappa shape index (κ2) is 8.57. The first-order valence-electron chi connectivity index (χ1n) is 9.50. The van der Waals surface area contributed by atoms with Gasteiger partial charge in [0.05, 0.1) is 4.92 Å². The Hall–Kier alpha value is -4.00. The molecule has 0 saturated heterocycles. The van der Waals surface area contributed by atoms with Gasteiger partial charge in [0.25, 0.3) is 5.69 Å². The number of nitro groups is 1. The van der Waals surface area contributed by atoms with Crippen LogP contribution in [0.3, 0.4) is 0 Å². The number of fused-ring (bicyclic) bond motifs is 3. The van der Waals surface area contributed by atoms with E-state index in [-0.39, 0.29) is 30.5 Å². The molecule has 1 aromatic heterocycles. The molecular weight excluding hydrogens is 382 g/mol. The average Bonchev–Trinajstić information content (AvgIpc) is 3.09. The molecule has 4 rings (SSSR count). The van der Waals surface area contributed by atoms with E-state index in [9.17, 15) is 14.9 Å². The highest BCUT2D eigenvalue weighted by Crippen LogP contribution is 2.44. The number of alkyl carbamates (subject to hydrolysis) is 1. The molecule has 0 bridgehead atoms. The Balaban J connectivity index is 1.34. The van der Waals surface area contributed by atoms with E-state index in [0.29, 0.717) is 0 Å². The molecule has 1 aliphatic carbocycles. The molecule has 2 aromatic carbocycles. The number of rotatable bonds is 6. The van der Waals surface area contributed by atoms with E-state index in [1.54, 1.807) is 6.08 Å². The second-order valence-electron chi connectivity index (χ2n) is 6.77. The van der Waals surface area contributed by atoms with Crippen LogP contribution >= 0.6 is 0 Å². The number of nitrogens with one attached hydrogen (secondary N) is 1. The van der Waals surface area contributed by atoms with E-state index in [1.165, 1.54) is 35.5 Å². The number of amides is 1. The van der Waals surface area contributed by atoms with Crippen LogP contribution in [0, 0.1) is 10.1 Å². The van der Waals surface area contributed by atoms with Crippen molar-refractivity contribution < 1.29 is 14.5 Å². The molecule has 1 aliphatic rings. The molecular formula is C23H19N3O4. The summed E-state index contributed by atoms with van der Waals surface area (Å²) in [6.45, 7) is 0.402. The molecule has 1 heterocycles. The molecule has 0 atom stereocenters. The van der Waals surface area contributed by atoms with Gasteiger partial charge in [-0.15, -0.1) is 0 Å². The minimum Gasteiger partial charge on any atom is -0.449 e. The summed E-state index contributed by atoms with van der Waals surface area (Å²) in [5.41, 5.74) is 4.78. The quantitative estimate of drug-likeness (QED) is 0.483. The molecule has 0 radical (unpaired) electrons. The third kappa shape index (κ3) is 3.91. The zero-order valence-corrected chi connectivity index (χ0v) is 16.0. The van der Waals surface area contributed by atoms with Crippen LogP contribution in [-0.4, -0.2) is 29.2 Å². The molecule has 30 heavy (non-hydrogen) atoms. The Morgan fingerprint density at radius 2 is 1.73 bits per heavy atom. The lowest BCUT2D eigenvalue weighted by atomic mass is 9.98. The third-order valence-corrected chi connectivity index (χ3v) is 5.00. The lowest BCUT2D eigenvalue weighted by Crippen LogP contribution is -2.26. The number of ether oxygens (including phenoxy) is 1. The van der Waals surface area contributed by atoms with Crippen LogP contribution in [0.15, 0.2) is 72.9 Å².